The molecule has 4 nitrogen and oxygen atoms in total. The molecule has 0 bridgehead atoms. The molecule has 4 rings (SSSR count). The van der Waals surface area contributed by atoms with Crippen molar-refractivity contribution in [1.29, 1.82) is 0 Å². The fourth-order valence-corrected chi connectivity index (χ4v) is 10.0. The molecule has 0 heterocycles. The molecule has 2 N–H and O–H groups in total. The summed E-state index contributed by atoms with van der Waals surface area (Å²) in [4.78, 5) is 24.5. The molecule has 32 heavy (non-hydrogen) atoms. The van der Waals surface area contributed by atoms with Gasteiger partial charge in [-0.05, 0) is 0 Å². The van der Waals surface area contributed by atoms with Crippen LogP contribution in [-0.2, 0) is 0 Å². The van der Waals surface area contributed by atoms with Gasteiger partial charge in [0.1, 0.15) is 0 Å². The van der Waals surface area contributed by atoms with Crippen molar-refractivity contribution in [3.63, 3.8) is 0 Å². The summed E-state index contributed by atoms with van der Waals surface area (Å²) in [5.74, 6) is -0.199. The second-order valence-corrected chi connectivity index (χ2v) is 14.3. The van der Waals surface area contributed by atoms with E-state index < -0.39 is 0 Å². The number of amides is 2. The van der Waals surface area contributed by atoms with Crippen molar-refractivity contribution in [3.8, 4) is 0 Å². The summed E-state index contributed by atoms with van der Waals surface area (Å²) in [5, 5.41) is 5.87. The van der Waals surface area contributed by atoms with Crippen LogP contribution in [0.25, 0.3) is 0 Å². The maximum atomic E-state index is 12.3. The fraction of sp³-hybridized carbons (Fsp3) is 0. The van der Waals surface area contributed by atoms with Gasteiger partial charge in [0, 0.05) is 0 Å². The minimum atomic E-state index is -0.0996. The van der Waals surface area contributed by atoms with Crippen molar-refractivity contribution >= 4 is 58.2 Å². The van der Waals surface area contributed by atoms with Gasteiger partial charge in [-0.15, -0.1) is 0 Å². The van der Waals surface area contributed by atoms with E-state index in [-0.39, 0.29) is 38.1 Å². The molecule has 0 aliphatic rings. The van der Waals surface area contributed by atoms with Crippen LogP contribution in [0.5, 0.6) is 0 Å². The molecule has 0 atom stereocenters. The molecule has 4 aromatic carbocycles. The minimum absolute atomic E-state index is 0.0599. The third-order valence-corrected chi connectivity index (χ3v) is 13.2. The third-order valence-electron chi connectivity index (χ3n) is 4.60. The Morgan fingerprint density at radius 3 is 1.16 bits per heavy atom. The summed E-state index contributed by atoms with van der Waals surface area (Å²) < 4.78 is 2.67. The first-order valence-electron chi connectivity index (χ1n) is 10.0. The third kappa shape index (κ3) is 6.23. The van der Waals surface area contributed by atoms with Crippen LogP contribution in [0.2, 0.25) is 0 Å². The predicted octanol–water partition coefficient (Wildman–Crippen LogP) is 3.47. The van der Waals surface area contributed by atoms with Crippen LogP contribution >= 0.6 is 0 Å². The van der Waals surface area contributed by atoms with Gasteiger partial charge >= 0.3 is 199 Å². The molecule has 0 aliphatic heterocycles. The van der Waals surface area contributed by atoms with Crippen molar-refractivity contribution in [1.82, 2.24) is 0 Å². The van der Waals surface area contributed by atoms with Crippen LogP contribution in [0.15, 0.2) is 109 Å². The second kappa shape index (κ2) is 11.0. The molecule has 2 amide bonds. The van der Waals surface area contributed by atoms with Crippen molar-refractivity contribution in [2.24, 2.45) is 0 Å². The van der Waals surface area contributed by atoms with Gasteiger partial charge in [-0.2, -0.15) is 0 Å². The van der Waals surface area contributed by atoms with Gasteiger partial charge in [0.05, 0.1) is 0 Å². The molecule has 0 saturated carbocycles. The Balaban J connectivity index is 1.34. The summed E-state index contributed by atoms with van der Waals surface area (Å²) >= 11 is 0.120. The van der Waals surface area contributed by atoms with Crippen molar-refractivity contribution in [2.75, 3.05) is 10.6 Å². The van der Waals surface area contributed by atoms with E-state index in [1.807, 2.05) is 60.7 Å². The maximum absolute atomic E-state index is 12.3. The van der Waals surface area contributed by atoms with Gasteiger partial charge in [0.2, 0.25) is 0 Å². The number of benzene rings is 4. The van der Waals surface area contributed by atoms with E-state index in [0.29, 0.717) is 11.1 Å². The molecule has 0 unspecified atom stereocenters. The molecule has 4 aromatic rings. The van der Waals surface area contributed by atoms with Crippen molar-refractivity contribution in [3.05, 3.63) is 120 Å². The summed E-state index contributed by atoms with van der Waals surface area (Å²) in [7, 11) is 0. The van der Waals surface area contributed by atoms with E-state index in [4.69, 9.17) is 0 Å². The standard InChI is InChI=1S/C26H20As2N2O2/c31-25(19-7-3-1-4-8-19)29-23-15-11-21(12-16-23)27-28-22-13-17-24(18-14-22)30-26(32)20-9-5-2-6-10-20/h1-18H,(H,29,31)(H,30,32). The van der Waals surface area contributed by atoms with E-state index in [9.17, 15) is 9.59 Å². The van der Waals surface area contributed by atoms with E-state index in [1.54, 1.807) is 24.3 Å². The van der Waals surface area contributed by atoms with Gasteiger partial charge < -0.3 is 0 Å². The van der Waals surface area contributed by atoms with Crippen LogP contribution in [0.4, 0.5) is 11.4 Å². The molecule has 0 saturated heterocycles. The first kappa shape index (κ1) is 22.1. The zero-order valence-electron chi connectivity index (χ0n) is 17.1. The number of anilines is 2. The molecule has 0 radical (unpaired) electrons. The number of carbonyl (C=O) groups is 2. The monoisotopic (exact) mass is 542 g/mol. The quantitative estimate of drug-likeness (QED) is 0.367. The van der Waals surface area contributed by atoms with Gasteiger partial charge in [-0.1, -0.05) is 0 Å². The van der Waals surface area contributed by atoms with Crippen molar-refractivity contribution in [2.45, 2.75) is 0 Å². The molecule has 0 aromatic heterocycles. The normalized spacial score (nSPS) is 10.6. The van der Waals surface area contributed by atoms with E-state index in [1.165, 1.54) is 8.70 Å². The molecule has 0 spiro atoms. The molecular weight excluding hydrogens is 522 g/mol. The molecule has 156 valence electrons. The first-order chi connectivity index (χ1) is 15.7. The Bertz CT molecular complexity index is 1130. The predicted molar refractivity (Wildman–Crippen MR) is 132 cm³/mol. The van der Waals surface area contributed by atoms with Gasteiger partial charge in [-0.3, -0.25) is 0 Å². The Kier molecular flexibility index (Phi) is 7.61. The summed E-state index contributed by atoms with van der Waals surface area (Å²) in [6, 6.07) is 34.7. The Labute approximate surface area is 198 Å². The summed E-state index contributed by atoms with van der Waals surface area (Å²) in [5.41, 5.74) is 2.91. The van der Waals surface area contributed by atoms with E-state index in [2.05, 4.69) is 34.9 Å². The topological polar surface area (TPSA) is 58.2 Å². The zero-order chi connectivity index (χ0) is 22.2. The molecular formula is C26H20As2N2O2. The van der Waals surface area contributed by atoms with Gasteiger partial charge in [0.25, 0.3) is 0 Å². The summed E-state index contributed by atoms with van der Waals surface area (Å²) in [6.45, 7) is 0. The number of rotatable bonds is 6. The average Bonchev–Trinajstić information content (AvgIpc) is 2.85. The van der Waals surface area contributed by atoms with Crippen LogP contribution < -0.4 is 19.3 Å². The van der Waals surface area contributed by atoms with Gasteiger partial charge in [-0.25, -0.2) is 0 Å². The SMILES string of the molecule is O=C(Nc1ccc([As]=[As]c2ccc(NC(=O)c3ccccc3)cc2)cc1)c1ccccc1. The number of nitrogens with one attached hydrogen (secondary N) is 2. The Hall–Kier alpha value is -3.06. The van der Waals surface area contributed by atoms with Crippen LogP contribution in [0.1, 0.15) is 20.7 Å². The molecule has 6 heteroatoms. The molecule has 0 fully saturated rings. The number of hydrogen-bond acceptors (Lipinski definition) is 2. The molecule has 0 aliphatic carbocycles. The Morgan fingerprint density at radius 1 is 0.469 bits per heavy atom. The van der Waals surface area contributed by atoms with Gasteiger partial charge in [0.15, 0.2) is 0 Å². The number of hydrogen-bond donors (Lipinski definition) is 2. The number of carbonyl (C=O) groups excluding carboxylic acids is 2. The van der Waals surface area contributed by atoms with Crippen LogP contribution in [0, 0.1) is 0 Å². The van der Waals surface area contributed by atoms with Crippen LogP contribution in [-0.4, -0.2) is 38.1 Å². The average molecular weight is 542 g/mol. The Morgan fingerprint density at radius 2 is 0.812 bits per heavy atom. The van der Waals surface area contributed by atoms with E-state index >= 15 is 0 Å². The van der Waals surface area contributed by atoms with E-state index in [0.717, 1.165) is 11.4 Å². The summed E-state index contributed by atoms with van der Waals surface area (Å²) in [6.07, 6.45) is 0. The fourth-order valence-electron chi connectivity index (χ4n) is 2.92. The van der Waals surface area contributed by atoms with Crippen LogP contribution in [0.3, 0.4) is 0 Å². The van der Waals surface area contributed by atoms with Crippen molar-refractivity contribution < 1.29 is 9.59 Å². The second-order valence-electron chi connectivity index (χ2n) is 6.93. The zero-order valence-corrected chi connectivity index (χ0v) is 20.9. The first-order valence-corrected chi connectivity index (χ1v) is 17.1.